The Bertz CT molecular complexity index is 552. The van der Waals surface area contributed by atoms with Gasteiger partial charge in [-0.25, -0.2) is 0 Å². The lowest BCUT2D eigenvalue weighted by atomic mass is 10.2. The van der Waals surface area contributed by atoms with Crippen LogP contribution in [-0.2, 0) is 9.59 Å². The minimum Gasteiger partial charge on any atom is -0.481 e. The number of aliphatic carboxylic acids is 1. The van der Waals surface area contributed by atoms with E-state index in [4.69, 9.17) is 14.6 Å². The molecule has 1 N–H and O–H groups in total. The molecule has 0 saturated carbocycles. The third kappa shape index (κ3) is 3.50. The molecule has 0 spiro atoms. The van der Waals surface area contributed by atoms with Gasteiger partial charge in [-0.3, -0.25) is 9.59 Å². The Morgan fingerprint density at radius 1 is 1.35 bits per heavy atom. The maximum absolute atomic E-state index is 11.8. The maximum Gasteiger partial charge on any atom is 0.305 e. The van der Waals surface area contributed by atoms with Crippen LogP contribution in [0.25, 0.3) is 6.08 Å². The quantitative estimate of drug-likeness (QED) is 0.822. The van der Waals surface area contributed by atoms with Gasteiger partial charge < -0.3 is 19.5 Å². The number of carboxylic acid groups (broad SMARTS) is 1. The molecule has 0 saturated heterocycles. The zero-order valence-corrected chi connectivity index (χ0v) is 11.0. The van der Waals surface area contributed by atoms with E-state index >= 15 is 0 Å². The minimum atomic E-state index is -0.926. The van der Waals surface area contributed by atoms with E-state index in [2.05, 4.69) is 0 Å². The van der Waals surface area contributed by atoms with Gasteiger partial charge in [-0.05, 0) is 23.8 Å². The van der Waals surface area contributed by atoms with Crippen LogP contribution >= 0.6 is 0 Å². The number of ether oxygens (including phenoxy) is 2. The van der Waals surface area contributed by atoms with Gasteiger partial charge in [0.1, 0.15) is 0 Å². The Morgan fingerprint density at radius 3 is 2.85 bits per heavy atom. The number of hydrogen-bond acceptors (Lipinski definition) is 4. The second-order valence-electron chi connectivity index (χ2n) is 4.35. The minimum absolute atomic E-state index is 0.0693. The molecule has 6 nitrogen and oxygen atoms in total. The van der Waals surface area contributed by atoms with Crippen molar-refractivity contribution in [3.05, 3.63) is 29.8 Å². The standard InChI is InChI=1S/C14H15NO5/c1-15(7-6-14(17)18)13(16)5-3-10-2-4-11-12(8-10)20-9-19-11/h2-5,8H,6-7,9H2,1H3,(H,17,18)/b5-3-. The van der Waals surface area contributed by atoms with Crippen LogP contribution in [0, 0.1) is 0 Å². The number of carboxylic acids is 1. The number of nitrogens with zero attached hydrogens (tertiary/aromatic N) is 1. The Balaban J connectivity index is 1.95. The summed E-state index contributed by atoms with van der Waals surface area (Å²) in [6.07, 6.45) is 2.99. The molecule has 1 aliphatic heterocycles. The molecule has 1 aromatic rings. The van der Waals surface area contributed by atoms with Crippen LogP contribution in [0.1, 0.15) is 12.0 Å². The van der Waals surface area contributed by atoms with Crippen molar-refractivity contribution in [3.63, 3.8) is 0 Å². The van der Waals surface area contributed by atoms with Gasteiger partial charge in [0.25, 0.3) is 0 Å². The third-order valence-corrected chi connectivity index (χ3v) is 2.85. The predicted molar refractivity (Wildman–Crippen MR) is 71.5 cm³/mol. The van der Waals surface area contributed by atoms with E-state index in [1.54, 1.807) is 25.3 Å². The molecule has 0 radical (unpaired) electrons. The van der Waals surface area contributed by atoms with Crippen molar-refractivity contribution in [3.8, 4) is 11.5 Å². The van der Waals surface area contributed by atoms with Gasteiger partial charge >= 0.3 is 5.97 Å². The van der Waals surface area contributed by atoms with Crippen LogP contribution in [0.2, 0.25) is 0 Å². The average molecular weight is 277 g/mol. The molecule has 1 aliphatic rings. The van der Waals surface area contributed by atoms with Gasteiger partial charge in [0, 0.05) is 19.7 Å². The van der Waals surface area contributed by atoms with Gasteiger partial charge in [0.05, 0.1) is 6.42 Å². The summed E-state index contributed by atoms with van der Waals surface area (Å²) in [5, 5.41) is 8.56. The van der Waals surface area contributed by atoms with E-state index in [-0.39, 0.29) is 25.7 Å². The van der Waals surface area contributed by atoms with Crippen LogP contribution in [0.3, 0.4) is 0 Å². The van der Waals surface area contributed by atoms with E-state index in [9.17, 15) is 9.59 Å². The molecule has 2 rings (SSSR count). The zero-order valence-electron chi connectivity index (χ0n) is 11.0. The average Bonchev–Trinajstić information content (AvgIpc) is 2.89. The van der Waals surface area contributed by atoms with Crippen LogP contribution in [0.5, 0.6) is 11.5 Å². The van der Waals surface area contributed by atoms with Gasteiger partial charge in [-0.15, -0.1) is 0 Å². The highest BCUT2D eigenvalue weighted by Crippen LogP contribution is 2.32. The topological polar surface area (TPSA) is 76.1 Å². The van der Waals surface area contributed by atoms with Crippen molar-refractivity contribution in [1.29, 1.82) is 0 Å². The fraction of sp³-hybridized carbons (Fsp3) is 0.286. The molecule has 0 aliphatic carbocycles. The summed E-state index contributed by atoms with van der Waals surface area (Å²) >= 11 is 0. The summed E-state index contributed by atoms with van der Waals surface area (Å²) in [4.78, 5) is 23.5. The van der Waals surface area contributed by atoms with Gasteiger partial charge in [-0.1, -0.05) is 6.07 Å². The highest BCUT2D eigenvalue weighted by molar-refractivity contribution is 5.91. The number of fused-ring (bicyclic) bond motifs is 1. The highest BCUT2D eigenvalue weighted by atomic mass is 16.7. The second-order valence-corrected chi connectivity index (χ2v) is 4.35. The number of amides is 1. The Morgan fingerprint density at radius 2 is 2.10 bits per heavy atom. The van der Waals surface area contributed by atoms with E-state index in [0.29, 0.717) is 11.5 Å². The van der Waals surface area contributed by atoms with Crippen molar-refractivity contribution in [1.82, 2.24) is 4.90 Å². The molecule has 0 aromatic heterocycles. The van der Waals surface area contributed by atoms with E-state index in [1.807, 2.05) is 6.07 Å². The summed E-state index contributed by atoms with van der Waals surface area (Å²) in [6.45, 7) is 0.388. The van der Waals surface area contributed by atoms with Crippen molar-refractivity contribution in [2.75, 3.05) is 20.4 Å². The molecule has 1 amide bonds. The Hall–Kier alpha value is -2.50. The number of carbonyl (C=O) groups excluding carboxylic acids is 1. The van der Waals surface area contributed by atoms with Crippen LogP contribution in [0.15, 0.2) is 24.3 Å². The van der Waals surface area contributed by atoms with E-state index < -0.39 is 5.97 Å². The van der Waals surface area contributed by atoms with Gasteiger partial charge in [0.2, 0.25) is 12.7 Å². The number of likely N-dealkylation sites (N-methyl/N-ethyl adjacent to an activating group) is 1. The molecule has 0 unspecified atom stereocenters. The summed E-state index contributed by atoms with van der Waals surface area (Å²) in [5.41, 5.74) is 0.814. The van der Waals surface area contributed by atoms with Crippen molar-refractivity contribution < 1.29 is 24.2 Å². The Kier molecular flexibility index (Phi) is 4.24. The first-order chi connectivity index (χ1) is 9.56. The molecule has 20 heavy (non-hydrogen) atoms. The molecule has 1 aromatic carbocycles. The normalized spacial score (nSPS) is 12.7. The monoisotopic (exact) mass is 277 g/mol. The molecule has 6 heteroatoms. The first-order valence-corrected chi connectivity index (χ1v) is 6.11. The van der Waals surface area contributed by atoms with Gasteiger partial charge in [-0.2, -0.15) is 0 Å². The fourth-order valence-corrected chi connectivity index (χ4v) is 1.69. The fourth-order valence-electron chi connectivity index (χ4n) is 1.69. The van der Waals surface area contributed by atoms with E-state index in [0.717, 1.165) is 5.56 Å². The molecule has 0 bridgehead atoms. The summed E-state index contributed by atoms with van der Waals surface area (Å²) in [6, 6.07) is 5.37. The van der Waals surface area contributed by atoms with Crippen molar-refractivity contribution in [2.45, 2.75) is 6.42 Å². The lowest BCUT2D eigenvalue weighted by Gasteiger charge is -2.13. The number of carbonyl (C=O) groups is 2. The summed E-state index contributed by atoms with van der Waals surface area (Å²) in [5.74, 6) is 0.166. The summed E-state index contributed by atoms with van der Waals surface area (Å²) in [7, 11) is 1.56. The lowest BCUT2D eigenvalue weighted by Crippen LogP contribution is -2.27. The molecular weight excluding hydrogens is 262 g/mol. The first-order valence-electron chi connectivity index (χ1n) is 6.11. The van der Waals surface area contributed by atoms with Crippen LogP contribution in [0.4, 0.5) is 0 Å². The van der Waals surface area contributed by atoms with Crippen LogP contribution in [-0.4, -0.2) is 42.3 Å². The molecule has 1 heterocycles. The SMILES string of the molecule is CN(CCC(=O)O)C(=O)/C=C\c1ccc2c(c1)OCO2. The first kappa shape index (κ1) is 13.9. The van der Waals surface area contributed by atoms with Crippen molar-refractivity contribution >= 4 is 18.0 Å². The highest BCUT2D eigenvalue weighted by Gasteiger charge is 2.12. The number of rotatable bonds is 5. The second kappa shape index (κ2) is 6.10. The predicted octanol–water partition coefficient (Wildman–Crippen LogP) is 1.36. The molecular formula is C14H15NO5. The zero-order chi connectivity index (χ0) is 14.5. The van der Waals surface area contributed by atoms with E-state index in [1.165, 1.54) is 11.0 Å². The third-order valence-electron chi connectivity index (χ3n) is 2.85. The number of benzene rings is 1. The van der Waals surface area contributed by atoms with Gasteiger partial charge in [0.15, 0.2) is 11.5 Å². The summed E-state index contributed by atoms with van der Waals surface area (Å²) < 4.78 is 10.4. The van der Waals surface area contributed by atoms with Crippen molar-refractivity contribution in [2.24, 2.45) is 0 Å². The molecule has 0 fully saturated rings. The largest absolute Gasteiger partial charge is 0.481 e. The smallest absolute Gasteiger partial charge is 0.305 e. The molecule has 106 valence electrons. The molecule has 0 atom stereocenters. The van der Waals surface area contributed by atoms with Crippen LogP contribution < -0.4 is 9.47 Å². The lowest BCUT2D eigenvalue weighted by molar-refractivity contribution is -0.137. The Labute approximate surface area is 116 Å². The number of hydrogen-bond donors (Lipinski definition) is 1. The maximum atomic E-state index is 11.8.